The highest BCUT2D eigenvalue weighted by Crippen LogP contribution is 2.45. The summed E-state index contributed by atoms with van der Waals surface area (Å²) >= 11 is 0. The number of ether oxygens (including phenoxy) is 4. The van der Waals surface area contributed by atoms with Crippen LogP contribution in [0.4, 0.5) is 0 Å². The molecule has 19 heteroatoms. The van der Waals surface area contributed by atoms with E-state index in [-0.39, 0.29) is 25.7 Å². The molecular formula is C83H142O17P2. The van der Waals surface area contributed by atoms with Crippen LogP contribution in [0.3, 0.4) is 0 Å². The summed E-state index contributed by atoms with van der Waals surface area (Å²) in [5.41, 5.74) is 0. The van der Waals surface area contributed by atoms with Crippen LogP contribution in [-0.2, 0) is 65.4 Å². The zero-order valence-electron chi connectivity index (χ0n) is 64.0. The molecule has 0 spiro atoms. The van der Waals surface area contributed by atoms with E-state index in [9.17, 15) is 43.2 Å². The molecule has 5 atom stereocenters. The Morgan fingerprint density at radius 3 is 0.892 bits per heavy atom. The lowest BCUT2D eigenvalue weighted by molar-refractivity contribution is -0.161. The van der Waals surface area contributed by atoms with E-state index in [0.29, 0.717) is 25.7 Å². The Bertz CT molecular complexity index is 2410. The van der Waals surface area contributed by atoms with Gasteiger partial charge in [0.1, 0.15) is 19.3 Å². The summed E-state index contributed by atoms with van der Waals surface area (Å²) in [5, 5.41) is 10.6. The number of rotatable bonds is 74. The van der Waals surface area contributed by atoms with E-state index in [1.54, 1.807) is 6.08 Å². The van der Waals surface area contributed by atoms with E-state index in [1.165, 1.54) is 89.9 Å². The summed E-state index contributed by atoms with van der Waals surface area (Å²) in [7, 11) is -9.99. The first-order valence-corrected chi connectivity index (χ1v) is 42.8. The molecule has 17 nitrogen and oxygen atoms in total. The largest absolute Gasteiger partial charge is 0.472 e. The van der Waals surface area contributed by atoms with Gasteiger partial charge < -0.3 is 33.8 Å². The van der Waals surface area contributed by atoms with Gasteiger partial charge in [-0.3, -0.25) is 37.3 Å². The predicted molar refractivity (Wildman–Crippen MR) is 418 cm³/mol. The van der Waals surface area contributed by atoms with Gasteiger partial charge in [0.15, 0.2) is 12.2 Å². The van der Waals surface area contributed by atoms with E-state index in [1.807, 2.05) is 18.2 Å². The molecule has 0 amide bonds. The van der Waals surface area contributed by atoms with Crippen LogP contribution in [-0.4, -0.2) is 96.7 Å². The molecule has 0 radical (unpaired) electrons. The van der Waals surface area contributed by atoms with Gasteiger partial charge in [0.25, 0.3) is 0 Å². The molecule has 0 bridgehead atoms. The highest BCUT2D eigenvalue weighted by atomic mass is 31.2. The quantitative estimate of drug-likeness (QED) is 0.0169. The maximum atomic E-state index is 13.1. The zero-order chi connectivity index (χ0) is 74.6. The minimum Gasteiger partial charge on any atom is -0.462 e. The fourth-order valence-corrected chi connectivity index (χ4v) is 12.0. The normalized spacial score (nSPS) is 14.5. The first-order valence-electron chi connectivity index (χ1n) is 39.8. The average Bonchev–Trinajstić information content (AvgIpc) is 0.909. The van der Waals surface area contributed by atoms with Crippen molar-refractivity contribution < 1.29 is 80.2 Å². The van der Waals surface area contributed by atoms with Gasteiger partial charge in [0.05, 0.1) is 32.8 Å². The Kier molecular flexibility index (Phi) is 71.4. The zero-order valence-corrected chi connectivity index (χ0v) is 65.8. The molecule has 0 aliphatic carbocycles. The molecule has 0 aliphatic heterocycles. The smallest absolute Gasteiger partial charge is 0.462 e. The van der Waals surface area contributed by atoms with Gasteiger partial charge in [-0.1, -0.05) is 297 Å². The number of esters is 4. The van der Waals surface area contributed by atoms with Crippen LogP contribution < -0.4 is 0 Å². The minimum atomic E-state index is -5.00. The topological polar surface area (TPSA) is 237 Å². The predicted octanol–water partition coefficient (Wildman–Crippen LogP) is 23.1. The van der Waals surface area contributed by atoms with Crippen LogP contribution in [0.25, 0.3) is 0 Å². The molecule has 0 heterocycles. The van der Waals surface area contributed by atoms with Crippen LogP contribution in [0.1, 0.15) is 323 Å². The lowest BCUT2D eigenvalue weighted by atomic mass is 10.0. The van der Waals surface area contributed by atoms with Crippen molar-refractivity contribution in [3.8, 4) is 0 Å². The fraction of sp³-hybridized carbons (Fsp3) is 0.711. The Morgan fingerprint density at radius 1 is 0.294 bits per heavy atom. The number of aliphatic hydroxyl groups is 1. The molecule has 0 aromatic carbocycles. The van der Waals surface area contributed by atoms with Crippen molar-refractivity contribution in [1.29, 1.82) is 0 Å². The van der Waals surface area contributed by atoms with Gasteiger partial charge in [-0.25, -0.2) is 9.13 Å². The summed E-state index contributed by atoms with van der Waals surface area (Å²) in [5.74, 6) is -2.34. The maximum absolute atomic E-state index is 13.1. The van der Waals surface area contributed by atoms with Gasteiger partial charge >= 0.3 is 39.5 Å². The standard InChI is InChI=1S/C83H142O17P2/c1-5-9-13-17-21-25-29-33-36-37-38-39-42-45-48-52-56-60-64-68-81(86)94-74-79(100-83(88)70-66-62-58-54-50-46-41-35-31-27-23-19-15-11-7-3)76-98-102(91,92)96-72-77(84)71-95-101(89,90)97-75-78(99-82(87)69-65-61-57-53-49-43-32-28-24-20-16-12-8-4)73-93-80(85)67-63-59-55-51-47-44-40-34-30-26-22-18-14-10-6-2/h10,14,21-23,25-27,33-36,38-41,47,51,59,63,77-79,84H,5-9,11-13,15-20,24,28-32,37,42-46,48-50,52-58,60-62,64-76H2,1-4H3,(H,89,90)(H,91,92)/b14-10-,25-21-,26-22-,27-23-,36-33-,39-38-,40-34-,41-35-,51-47-,63-59-. The Balaban J connectivity index is 5.42. The SMILES string of the molecule is CC/C=C\C/C=C\C/C=C\C/C=C\C/C=C\CC(=O)OCC(COP(=O)(O)OCC(O)COP(=O)(O)OCC(COC(=O)CCCCCCCC/C=C\C/C=C\C/C=C\CCCCC)OC(=O)CCCCCCC/C=C\C/C=C\CCCCC)OC(=O)CCCCCCCCCCCCCCC. The van der Waals surface area contributed by atoms with Gasteiger partial charge in [-0.05, 0) is 122 Å². The van der Waals surface area contributed by atoms with Gasteiger partial charge in [-0.2, -0.15) is 0 Å². The lowest BCUT2D eigenvalue weighted by Gasteiger charge is -2.21. The first-order chi connectivity index (χ1) is 49.7. The Labute approximate surface area is 619 Å². The van der Waals surface area contributed by atoms with E-state index in [2.05, 4.69) is 125 Å². The summed E-state index contributed by atoms with van der Waals surface area (Å²) < 4.78 is 68.4. The number of aliphatic hydroxyl groups excluding tert-OH is 1. The van der Waals surface area contributed by atoms with Crippen molar-refractivity contribution in [2.24, 2.45) is 0 Å². The molecule has 0 aromatic heterocycles. The number of phosphoric acid groups is 2. The number of allylic oxidation sites excluding steroid dienone is 19. The van der Waals surface area contributed by atoms with Crippen LogP contribution >= 0.6 is 15.6 Å². The summed E-state index contributed by atoms with van der Waals surface area (Å²) in [6, 6.07) is 0. The highest BCUT2D eigenvalue weighted by molar-refractivity contribution is 7.47. The number of hydrogen-bond acceptors (Lipinski definition) is 15. The molecule has 0 aromatic rings. The van der Waals surface area contributed by atoms with E-state index < -0.39 is 97.5 Å². The highest BCUT2D eigenvalue weighted by Gasteiger charge is 2.30. The third-order valence-corrected chi connectivity index (χ3v) is 18.3. The molecule has 0 rings (SSSR count). The monoisotopic (exact) mass is 1470 g/mol. The Morgan fingerprint density at radius 2 is 0.549 bits per heavy atom. The van der Waals surface area contributed by atoms with E-state index in [4.69, 9.17) is 37.0 Å². The summed E-state index contributed by atoms with van der Waals surface area (Å²) in [6.07, 6.45) is 82.0. The molecule has 586 valence electrons. The first kappa shape index (κ1) is 97.5. The molecule has 0 saturated carbocycles. The van der Waals surface area contributed by atoms with Gasteiger partial charge in [-0.15, -0.1) is 0 Å². The second-order valence-corrected chi connectivity index (χ2v) is 29.2. The summed E-state index contributed by atoms with van der Waals surface area (Å²) in [6.45, 7) is 4.58. The molecule has 5 unspecified atom stereocenters. The van der Waals surface area contributed by atoms with E-state index in [0.717, 1.165) is 154 Å². The van der Waals surface area contributed by atoms with E-state index >= 15 is 0 Å². The number of carbonyl (C=O) groups excluding carboxylic acids is 4. The third-order valence-electron chi connectivity index (χ3n) is 16.4. The minimum absolute atomic E-state index is 0.0706. The second-order valence-electron chi connectivity index (χ2n) is 26.3. The number of hydrogen-bond donors (Lipinski definition) is 3. The van der Waals surface area contributed by atoms with Crippen LogP contribution in [0.5, 0.6) is 0 Å². The molecule has 0 saturated heterocycles. The van der Waals surface area contributed by atoms with Crippen molar-refractivity contribution in [3.05, 3.63) is 122 Å². The average molecular weight is 1470 g/mol. The molecular weight excluding hydrogens is 1330 g/mol. The molecule has 102 heavy (non-hydrogen) atoms. The fourth-order valence-electron chi connectivity index (χ4n) is 10.4. The lowest BCUT2D eigenvalue weighted by Crippen LogP contribution is -2.30. The number of carbonyl (C=O) groups is 4. The van der Waals surface area contributed by atoms with Crippen LogP contribution in [0, 0.1) is 0 Å². The molecule has 3 N–H and O–H groups in total. The van der Waals surface area contributed by atoms with Crippen molar-refractivity contribution in [2.45, 2.75) is 341 Å². The van der Waals surface area contributed by atoms with Crippen LogP contribution in [0.15, 0.2) is 122 Å². The third kappa shape index (κ3) is 73.8. The van der Waals surface area contributed by atoms with Crippen LogP contribution in [0.2, 0.25) is 0 Å². The molecule has 0 fully saturated rings. The number of phosphoric ester groups is 2. The van der Waals surface area contributed by atoms with Crippen molar-refractivity contribution in [3.63, 3.8) is 0 Å². The number of unbranched alkanes of at least 4 members (excludes halogenated alkanes) is 29. The Hall–Kier alpha value is -4.54. The van der Waals surface area contributed by atoms with Crippen molar-refractivity contribution >= 4 is 39.5 Å². The second kappa shape index (κ2) is 74.7. The molecule has 0 aliphatic rings. The summed E-state index contributed by atoms with van der Waals surface area (Å²) in [4.78, 5) is 72.9. The van der Waals surface area contributed by atoms with Crippen molar-refractivity contribution in [1.82, 2.24) is 0 Å². The van der Waals surface area contributed by atoms with Gasteiger partial charge in [0.2, 0.25) is 0 Å². The van der Waals surface area contributed by atoms with Crippen molar-refractivity contribution in [2.75, 3.05) is 39.6 Å². The van der Waals surface area contributed by atoms with Gasteiger partial charge in [0, 0.05) is 19.3 Å². The maximum Gasteiger partial charge on any atom is 0.472 e.